The maximum absolute atomic E-state index is 11.9. The van der Waals surface area contributed by atoms with Gasteiger partial charge in [0.15, 0.2) is 5.78 Å². The van der Waals surface area contributed by atoms with Gasteiger partial charge in [-0.05, 0) is 13.8 Å². The van der Waals surface area contributed by atoms with Crippen molar-refractivity contribution in [2.24, 2.45) is 0 Å². The molecular formula is C11H15NO4. The first-order valence-corrected chi connectivity index (χ1v) is 4.92. The molecule has 88 valence electrons. The maximum Gasteiger partial charge on any atom is 0.265 e. The Labute approximate surface area is 93.3 Å². The number of hydrogen-bond acceptors (Lipinski definition) is 4. The third-order valence-electron chi connectivity index (χ3n) is 2.36. The van der Waals surface area contributed by atoms with Gasteiger partial charge in [-0.25, -0.2) is 0 Å². The SMILES string of the molecule is COCCn1c(C)cc(O)c(C(C)=O)c1=O. The Morgan fingerprint density at radius 2 is 2.19 bits per heavy atom. The number of pyridine rings is 1. The van der Waals surface area contributed by atoms with Crippen LogP contribution in [0.4, 0.5) is 0 Å². The molecule has 0 amide bonds. The number of methoxy groups -OCH3 is 1. The number of aromatic nitrogens is 1. The average molecular weight is 225 g/mol. The van der Waals surface area contributed by atoms with E-state index in [2.05, 4.69) is 0 Å². The Morgan fingerprint density at radius 3 is 2.69 bits per heavy atom. The van der Waals surface area contributed by atoms with Crippen LogP contribution in [0.1, 0.15) is 23.0 Å². The van der Waals surface area contributed by atoms with Gasteiger partial charge in [-0.2, -0.15) is 0 Å². The smallest absolute Gasteiger partial charge is 0.265 e. The van der Waals surface area contributed by atoms with Crippen molar-refractivity contribution in [3.8, 4) is 5.75 Å². The normalized spacial score (nSPS) is 10.4. The zero-order valence-corrected chi connectivity index (χ0v) is 9.61. The van der Waals surface area contributed by atoms with E-state index in [1.807, 2.05) is 0 Å². The molecule has 0 radical (unpaired) electrons. The molecule has 1 aromatic heterocycles. The molecule has 5 nitrogen and oxygen atoms in total. The van der Waals surface area contributed by atoms with Crippen molar-refractivity contribution in [1.82, 2.24) is 4.57 Å². The zero-order valence-electron chi connectivity index (χ0n) is 9.61. The van der Waals surface area contributed by atoms with Crippen molar-refractivity contribution in [1.29, 1.82) is 0 Å². The van der Waals surface area contributed by atoms with Gasteiger partial charge < -0.3 is 14.4 Å². The van der Waals surface area contributed by atoms with Crippen LogP contribution in [-0.2, 0) is 11.3 Å². The Kier molecular flexibility index (Phi) is 3.84. The van der Waals surface area contributed by atoms with Gasteiger partial charge >= 0.3 is 0 Å². The molecule has 0 aliphatic heterocycles. The van der Waals surface area contributed by atoms with E-state index >= 15 is 0 Å². The first kappa shape index (κ1) is 12.4. The molecule has 1 aromatic rings. The second kappa shape index (κ2) is 4.94. The number of aryl methyl sites for hydroxylation is 1. The van der Waals surface area contributed by atoms with Crippen LogP contribution in [0, 0.1) is 6.92 Å². The topological polar surface area (TPSA) is 68.5 Å². The highest BCUT2D eigenvalue weighted by molar-refractivity contribution is 5.96. The number of aromatic hydroxyl groups is 1. The van der Waals surface area contributed by atoms with Crippen molar-refractivity contribution >= 4 is 5.78 Å². The summed E-state index contributed by atoms with van der Waals surface area (Å²) in [4.78, 5) is 23.1. The van der Waals surface area contributed by atoms with Crippen LogP contribution in [0.5, 0.6) is 5.75 Å². The number of carbonyl (C=O) groups excluding carboxylic acids is 1. The van der Waals surface area contributed by atoms with Crippen molar-refractivity contribution in [3.05, 3.63) is 27.7 Å². The van der Waals surface area contributed by atoms with Crippen LogP contribution in [0.25, 0.3) is 0 Å². The molecule has 5 heteroatoms. The van der Waals surface area contributed by atoms with E-state index in [0.717, 1.165) is 0 Å². The highest BCUT2D eigenvalue weighted by atomic mass is 16.5. The van der Waals surface area contributed by atoms with Gasteiger partial charge in [0.05, 0.1) is 6.61 Å². The zero-order chi connectivity index (χ0) is 12.3. The molecule has 1 heterocycles. The monoisotopic (exact) mass is 225 g/mol. The summed E-state index contributed by atoms with van der Waals surface area (Å²) in [5.74, 6) is -0.697. The minimum atomic E-state index is -0.470. The van der Waals surface area contributed by atoms with Gasteiger partial charge in [-0.15, -0.1) is 0 Å². The molecular weight excluding hydrogens is 210 g/mol. The van der Waals surface area contributed by atoms with Crippen LogP contribution in [0.2, 0.25) is 0 Å². The Morgan fingerprint density at radius 1 is 1.56 bits per heavy atom. The fourth-order valence-electron chi connectivity index (χ4n) is 1.54. The van der Waals surface area contributed by atoms with Gasteiger partial charge in [-0.3, -0.25) is 9.59 Å². The summed E-state index contributed by atoms with van der Waals surface area (Å²) in [5, 5.41) is 9.53. The maximum atomic E-state index is 11.9. The fraction of sp³-hybridized carbons (Fsp3) is 0.455. The molecule has 0 aliphatic carbocycles. The Hall–Kier alpha value is -1.62. The van der Waals surface area contributed by atoms with Crippen LogP contribution >= 0.6 is 0 Å². The van der Waals surface area contributed by atoms with E-state index in [4.69, 9.17) is 4.74 Å². The molecule has 1 N–H and O–H groups in total. The highest BCUT2D eigenvalue weighted by Gasteiger charge is 2.15. The number of carbonyl (C=O) groups is 1. The van der Waals surface area contributed by atoms with E-state index < -0.39 is 11.3 Å². The van der Waals surface area contributed by atoms with Crippen molar-refractivity contribution < 1.29 is 14.6 Å². The number of ketones is 1. The van der Waals surface area contributed by atoms with E-state index in [-0.39, 0.29) is 11.3 Å². The largest absolute Gasteiger partial charge is 0.507 e. The lowest BCUT2D eigenvalue weighted by Gasteiger charge is -2.11. The lowest BCUT2D eigenvalue weighted by Crippen LogP contribution is -2.28. The van der Waals surface area contributed by atoms with Crippen LogP contribution < -0.4 is 5.56 Å². The molecule has 0 unspecified atom stereocenters. The Balaban J connectivity index is 3.34. The number of nitrogens with zero attached hydrogens (tertiary/aromatic N) is 1. The molecule has 0 saturated heterocycles. The quantitative estimate of drug-likeness (QED) is 0.766. The summed E-state index contributed by atoms with van der Waals surface area (Å²) in [6.07, 6.45) is 0. The average Bonchev–Trinajstić information content (AvgIpc) is 2.16. The predicted molar refractivity (Wildman–Crippen MR) is 59.0 cm³/mol. The second-order valence-electron chi connectivity index (χ2n) is 3.55. The summed E-state index contributed by atoms with van der Waals surface area (Å²) < 4.78 is 6.30. The van der Waals surface area contributed by atoms with Crippen molar-refractivity contribution in [2.75, 3.05) is 13.7 Å². The summed E-state index contributed by atoms with van der Waals surface area (Å²) in [5.41, 5.74) is -0.0340. The van der Waals surface area contributed by atoms with E-state index in [1.165, 1.54) is 24.7 Å². The molecule has 0 bridgehead atoms. The van der Waals surface area contributed by atoms with E-state index in [9.17, 15) is 14.7 Å². The molecule has 1 rings (SSSR count). The summed E-state index contributed by atoms with van der Waals surface area (Å²) >= 11 is 0. The van der Waals surface area contributed by atoms with Crippen molar-refractivity contribution in [3.63, 3.8) is 0 Å². The van der Waals surface area contributed by atoms with Gasteiger partial charge in [0, 0.05) is 25.4 Å². The summed E-state index contributed by atoms with van der Waals surface area (Å²) in [6.45, 7) is 3.69. The molecule has 0 atom stereocenters. The first-order valence-electron chi connectivity index (χ1n) is 4.92. The Bertz CT molecular complexity index is 462. The minimum absolute atomic E-state index is 0.165. The molecule has 0 aromatic carbocycles. The van der Waals surface area contributed by atoms with Gasteiger partial charge in [0.25, 0.3) is 5.56 Å². The van der Waals surface area contributed by atoms with Crippen molar-refractivity contribution in [2.45, 2.75) is 20.4 Å². The van der Waals surface area contributed by atoms with Gasteiger partial charge in [0.1, 0.15) is 11.3 Å². The third kappa shape index (κ3) is 2.30. The number of hydrogen-bond donors (Lipinski definition) is 1. The summed E-state index contributed by atoms with van der Waals surface area (Å²) in [6, 6.07) is 1.41. The van der Waals surface area contributed by atoms with Gasteiger partial charge in [-0.1, -0.05) is 0 Å². The number of rotatable bonds is 4. The van der Waals surface area contributed by atoms with Crippen LogP contribution in [-0.4, -0.2) is 29.2 Å². The van der Waals surface area contributed by atoms with E-state index in [1.54, 1.807) is 6.92 Å². The molecule has 0 aliphatic rings. The van der Waals surface area contributed by atoms with Gasteiger partial charge in [0.2, 0.25) is 0 Å². The first-order chi connectivity index (χ1) is 7.49. The standard InChI is InChI=1S/C11H15NO4/c1-7-6-9(14)10(8(2)13)11(15)12(7)4-5-16-3/h6,14H,4-5H2,1-3H3. The molecule has 0 spiro atoms. The molecule has 0 fully saturated rings. The highest BCUT2D eigenvalue weighted by Crippen LogP contribution is 2.14. The van der Waals surface area contributed by atoms with E-state index in [0.29, 0.717) is 18.8 Å². The molecule has 16 heavy (non-hydrogen) atoms. The summed E-state index contributed by atoms with van der Waals surface area (Å²) in [7, 11) is 1.53. The second-order valence-corrected chi connectivity index (χ2v) is 3.55. The lowest BCUT2D eigenvalue weighted by atomic mass is 10.1. The fourth-order valence-corrected chi connectivity index (χ4v) is 1.54. The number of Topliss-reactive ketones (excluding diaryl/α,β-unsaturated/α-hetero) is 1. The molecule has 0 saturated carbocycles. The minimum Gasteiger partial charge on any atom is -0.507 e. The van der Waals surface area contributed by atoms with Crippen LogP contribution in [0.3, 0.4) is 0 Å². The predicted octanol–water partition coefficient (Wildman–Crippen LogP) is 0.711. The lowest BCUT2D eigenvalue weighted by molar-refractivity contribution is 0.101. The third-order valence-corrected chi connectivity index (χ3v) is 2.36. The van der Waals surface area contributed by atoms with Crippen LogP contribution in [0.15, 0.2) is 10.9 Å². The number of ether oxygens (including phenoxy) is 1.